The van der Waals surface area contributed by atoms with Gasteiger partial charge in [0.25, 0.3) is 0 Å². The molecule has 3 heterocycles. The van der Waals surface area contributed by atoms with Crippen LogP contribution in [0.5, 0.6) is 0 Å². The van der Waals surface area contributed by atoms with E-state index in [1.165, 1.54) is 0 Å². The van der Waals surface area contributed by atoms with Gasteiger partial charge >= 0.3 is 12.1 Å². The number of nitrogens with zero attached hydrogens (tertiary/aromatic N) is 5. The molecule has 2 saturated heterocycles. The minimum absolute atomic E-state index is 0.244. The maximum atomic E-state index is 13.9. The summed E-state index contributed by atoms with van der Waals surface area (Å²) in [7, 11) is 0. The molecule has 2 aliphatic heterocycles. The highest BCUT2D eigenvalue weighted by atomic mass is 35.5. The Morgan fingerprint density at radius 2 is 1.69 bits per heavy atom. The van der Waals surface area contributed by atoms with Crippen molar-refractivity contribution in [1.82, 2.24) is 14.7 Å². The molecule has 0 radical (unpaired) electrons. The van der Waals surface area contributed by atoms with Gasteiger partial charge in [-0.3, -0.25) is 9.58 Å². The van der Waals surface area contributed by atoms with E-state index in [2.05, 4.69) is 59.9 Å². The zero-order valence-corrected chi connectivity index (χ0v) is 24.9. The molecule has 1 aromatic heterocycles. The monoisotopic (exact) mass is 603 g/mol. The van der Waals surface area contributed by atoms with E-state index in [4.69, 9.17) is 11.6 Å². The smallest absolute Gasteiger partial charge is 0.433 e. The molecule has 1 unspecified atom stereocenters. The average Bonchev–Trinajstić information content (AvgIpc) is 3.40. The van der Waals surface area contributed by atoms with Gasteiger partial charge in [0.05, 0.1) is 12.2 Å². The van der Waals surface area contributed by atoms with E-state index in [1.807, 2.05) is 23.1 Å². The lowest BCUT2D eigenvalue weighted by Crippen LogP contribution is -2.48. The topological polar surface area (TPSA) is 64.8 Å². The number of carboxylic acid groups (broad SMARTS) is 1. The van der Waals surface area contributed by atoms with Crippen molar-refractivity contribution < 1.29 is 23.1 Å². The zero-order valence-electron chi connectivity index (χ0n) is 24.2. The SMILES string of the molecule is CC(C)(C)CN1CCN(c2ccc(-c3ccc(Cl)cc3N3CCCC(n4ncc(C(=O)O)c4C(F)(F)F)C3)cc2)CC1. The van der Waals surface area contributed by atoms with Crippen molar-refractivity contribution >= 4 is 28.9 Å². The molecule has 0 amide bonds. The van der Waals surface area contributed by atoms with Gasteiger partial charge < -0.3 is 14.9 Å². The predicted octanol–water partition coefficient (Wildman–Crippen LogP) is 6.93. The van der Waals surface area contributed by atoms with Gasteiger partial charge in [0.2, 0.25) is 0 Å². The Hall–Kier alpha value is -3.24. The summed E-state index contributed by atoms with van der Waals surface area (Å²) in [5.74, 6) is -1.64. The number of carboxylic acids is 1. The molecule has 0 bridgehead atoms. The highest BCUT2D eigenvalue weighted by Crippen LogP contribution is 2.39. The van der Waals surface area contributed by atoms with Crippen LogP contribution in [0.15, 0.2) is 48.7 Å². The van der Waals surface area contributed by atoms with Crippen molar-refractivity contribution in [3.8, 4) is 11.1 Å². The second kappa shape index (κ2) is 11.8. The summed E-state index contributed by atoms with van der Waals surface area (Å²) in [5.41, 5.74) is 2.13. The van der Waals surface area contributed by atoms with Crippen molar-refractivity contribution in [2.45, 2.75) is 45.8 Å². The van der Waals surface area contributed by atoms with E-state index in [-0.39, 0.29) is 12.0 Å². The average molecular weight is 604 g/mol. The van der Waals surface area contributed by atoms with Gasteiger partial charge in [0.1, 0.15) is 5.56 Å². The molecule has 5 rings (SSSR count). The van der Waals surface area contributed by atoms with Gasteiger partial charge in [-0.2, -0.15) is 18.3 Å². The number of hydrogen-bond donors (Lipinski definition) is 1. The van der Waals surface area contributed by atoms with Crippen molar-refractivity contribution in [3.05, 3.63) is 64.9 Å². The van der Waals surface area contributed by atoms with Gasteiger partial charge in [-0.1, -0.05) is 50.6 Å². The third kappa shape index (κ3) is 6.70. The van der Waals surface area contributed by atoms with Gasteiger partial charge in [-0.05, 0) is 48.1 Å². The number of rotatable bonds is 6. The number of piperazine rings is 1. The molecule has 2 aliphatic rings. The number of benzene rings is 2. The van der Waals surface area contributed by atoms with Crippen LogP contribution in [0.2, 0.25) is 5.02 Å². The van der Waals surface area contributed by atoms with Gasteiger partial charge in [0.15, 0.2) is 5.69 Å². The minimum Gasteiger partial charge on any atom is -0.478 e. The molecule has 0 aliphatic carbocycles. The van der Waals surface area contributed by atoms with Crippen LogP contribution in [0, 0.1) is 5.41 Å². The fourth-order valence-corrected chi connectivity index (χ4v) is 6.32. The highest BCUT2D eigenvalue weighted by Gasteiger charge is 2.42. The molecule has 1 atom stereocenters. The van der Waals surface area contributed by atoms with Gasteiger partial charge in [-0.25, -0.2) is 4.79 Å². The lowest BCUT2D eigenvalue weighted by molar-refractivity contribution is -0.145. The molecular weight excluding hydrogens is 567 g/mol. The van der Waals surface area contributed by atoms with Crippen LogP contribution in [0.4, 0.5) is 24.5 Å². The second-order valence-corrected chi connectivity index (χ2v) is 12.9. The molecule has 0 saturated carbocycles. The third-order valence-corrected chi connectivity index (χ3v) is 8.19. The van der Waals surface area contributed by atoms with Crippen molar-refractivity contribution in [2.75, 3.05) is 55.6 Å². The molecule has 3 aromatic rings. The lowest BCUT2D eigenvalue weighted by Gasteiger charge is -2.39. The first-order valence-corrected chi connectivity index (χ1v) is 14.7. The standard InChI is InChI=1S/C31H37ClF3N5O2/c1-30(2,3)20-37-13-15-38(16-14-37)23-9-6-21(7-10-23)25-11-8-22(32)17-27(25)39-12-4-5-24(19-39)40-28(31(33,34)35)26(18-36-40)29(41)42/h6-11,17-18,24H,4-5,12-16,19-20H2,1-3H3,(H,41,42). The first-order valence-electron chi connectivity index (χ1n) is 14.3. The third-order valence-electron chi connectivity index (χ3n) is 7.95. The van der Waals surface area contributed by atoms with Gasteiger partial charge in [0, 0.05) is 67.8 Å². The number of aromatic carboxylic acids is 1. The quantitative estimate of drug-likeness (QED) is 0.330. The second-order valence-electron chi connectivity index (χ2n) is 12.4. The molecule has 42 heavy (non-hydrogen) atoms. The summed E-state index contributed by atoms with van der Waals surface area (Å²) in [4.78, 5) is 18.4. The summed E-state index contributed by atoms with van der Waals surface area (Å²) in [6, 6.07) is 13.4. The van der Waals surface area contributed by atoms with Crippen LogP contribution in [0.1, 0.15) is 55.7 Å². The van der Waals surface area contributed by atoms with E-state index >= 15 is 0 Å². The number of piperidine rings is 1. The lowest BCUT2D eigenvalue weighted by atomic mass is 9.95. The zero-order chi connectivity index (χ0) is 30.2. The van der Waals surface area contributed by atoms with Crippen LogP contribution >= 0.6 is 11.6 Å². The predicted molar refractivity (Wildman–Crippen MR) is 160 cm³/mol. The van der Waals surface area contributed by atoms with E-state index in [0.29, 0.717) is 24.4 Å². The summed E-state index contributed by atoms with van der Waals surface area (Å²) in [6.45, 7) is 12.7. The van der Waals surface area contributed by atoms with E-state index < -0.39 is 29.4 Å². The number of hydrogen-bond acceptors (Lipinski definition) is 5. The highest BCUT2D eigenvalue weighted by molar-refractivity contribution is 6.31. The van der Waals surface area contributed by atoms with Crippen LogP contribution in [0.25, 0.3) is 11.1 Å². The Balaban J connectivity index is 1.36. The summed E-state index contributed by atoms with van der Waals surface area (Å²) in [6.07, 6.45) is -2.97. The van der Waals surface area contributed by atoms with Crippen molar-refractivity contribution in [2.24, 2.45) is 5.41 Å². The summed E-state index contributed by atoms with van der Waals surface area (Å²) >= 11 is 6.41. The molecule has 7 nitrogen and oxygen atoms in total. The van der Waals surface area contributed by atoms with E-state index in [0.717, 1.165) is 66.1 Å². The molecule has 1 N–H and O–H groups in total. The van der Waals surface area contributed by atoms with Crippen molar-refractivity contribution in [1.29, 1.82) is 0 Å². The van der Waals surface area contributed by atoms with Gasteiger partial charge in [-0.15, -0.1) is 0 Å². The molecular formula is C31H37ClF3N5O2. The number of anilines is 2. The Bertz CT molecular complexity index is 1410. The van der Waals surface area contributed by atoms with E-state index in [9.17, 15) is 23.1 Å². The van der Waals surface area contributed by atoms with Crippen molar-refractivity contribution in [3.63, 3.8) is 0 Å². The normalized spacial score (nSPS) is 18.9. The maximum Gasteiger partial charge on any atom is 0.433 e. The molecule has 2 aromatic carbocycles. The van der Waals surface area contributed by atoms with Crippen LogP contribution < -0.4 is 9.80 Å². The summed E-state index contributed by atoms with van der Waals surface area (Å²) in [5, 5.41) is 13.8. The van der Waals surface area contributed by atoms with Crippen LogP contribution in [-0.4, -0.2) is 71.6 Å². The Morgan fingerprint density at radius 1 is 1.00 bits per heavy atom. The first kappa shape index (κ1) is 30.2. The largest absolute Gasteiger partial charge is 0.478 e. The van der Waals surface area contributed by atoms with E-state index in [1.54, 1.807) is 0 Å². The van der Waals surface area contributed by atoms with Crippen LogP contribution in [0.3, 0.4) is 0 Å². The Labute approximate surface area is 249 Å². The number of halogens is 4. The molecule has 2 fully saturated rings. The van der Waals surface area contributed by atoms with Crippen LogP contribution in [-0.2, 0) is 6.18 Å². The Kier molecular flexibility index (Phi) is 8.49. The first-order chi connectivity index (χ1) is 19.8. The maximum absolute atomic E-state index is 13.9. The number of alkyl halides is 3. The number of carbonyl (C=O) groups is 1. The fraction of sp³-hybridized carbons (Fsp3) is 0.484. The minimum atomic E-state index is -4.84. The summed E-state index contributed by atoms with van der Waals surface area (Å²) < 4.78 is 42.6. The molecule has 226 valence electrons. The fourth-order valence-electron chi connectivity index (χ4n) is 6.15. The number of aromatic nitrogens is 2. The Morgan fingerprint density at radius 3 is 2.31 bits per heavy atom. The molecule has 0 spiro atoms. The molecule has 11 heteroatoms.